The zero-order chi connectivity index (χ0) is 13.9. The first-order chi connectivity index (χ1) is 8.21. The van der Waals surface area contributed by atoms with E-state index in [4.69, 9.17) is 5.11 Å². The number of carboxylic acids is 1. The number of amides is 1. The molecule has 8 heteroatoms. The Bertz CT molecular complexity index is 434. The average Bonchev–Trinajstić information content (AvgIpc) is 2.27. The maximum absolute atomic E-state index is 11.9. The molecule has 1 heterocycles. The van der Waals surface area contributed by atoms with Gasteiger partial charge in [0.2, 0.25) is 15.9 Å². The number of carboxylic acid groups (broad SMARTS) is 1. The van der Waals surface area contributed by atoms with E-state index in [-0.39, 0.29) is 19.0 Å². The number of carbonyl (C=O) groups is 2. The molecule has 0 aromatic carbocycles. The molecule has 1 atom stereocenters. The number of sulfonamides is 1. The molecule has 0 bridgehead atoms. The molecule has 0 saturated carbocycles. The number of rotatable bonds is 4. The van der Waals surface area contributed by atoms with Crippen LogP contribution in [0.5, 0.6) is 0 Å². The largest absolute Gasteiger partial charge is 0.481 e. The predicted molar refractivity (Wildman–Crippen MR) is 64.4 cm³/mol. The fraction of sp³-hybridized carbons (Fsp3) is 0.800. The Balaban J connectivity index is 2.59. The SMILES string of the molecule is CN(CC(=O)N1CCCC(C(=O)O)C1)S(C)(=O)=O. The van der Waals surface area contributed by atoms with Crippen molar-refractivity contribution in [3.05, 3.63) is 0 Å². The third-order valence-corrected chi connectivity index (χ3v) is 4.31. The second-order valence-corrected chi connectivity index (χ2v) is 6.63. The summed E-state index contributed by atoms with van der Waals surface area (Å²) in [5.41, 5.74) is 0. The van der Waals surface area contributed by atoms with Gasteiger partial charge in [0.1, 0.15) is 0 Å². The van der Waals surface area contributed by atoms with E-state index in [1.165, 1.54) is 11.9 Å². The molecule has 1 rings (SSSR count). The van der Waals surface area contributed by atoms with Gasteiger partial charge in [-0.1, -0.05) is 0 Å². The summed E-state index contributed by atoms with van der Waals surface area (Å²) in [6, 6.07) is 0. The van der Waals surface area contributed by atoms with E-state index >= 15 is 0 Å². The first kappa shape index (κ1) is 14.9. The van der Waals surface area contributed by atoms with Gasteiger partial charge < -0.3 is 10.0 Å². The molecule has 1 aliphatic rings. The average molecular weight is 278 g/mol. The molecule has 1 N–H and O–H groups in total. The Morgan fingerprint density at radius 1 is 1.44 bits per heavy atom. The van der Waals surface area contributed by atoms with Gasteiger partial charge in [0.15, 0.2) is 0 Å². The lowest BCUT2D eigenvalue weighted by molar-refractivity contribution is -0.145. The van der Waals surface area contributed by atoms with Crippen molar-refractivity contribution < 1.29 is 23.1 Å². The number of hydrogen-bond acceptors (Lipinski definition) is 4. The molecule has 1 fully saturated rings. The Morgan fingerprint density at radius 2 is 2.06 bits per heavy atom. The van der Waals surface area contributed by atoms with Crippen molar-refractivity contribution in [2.45, 2.75) is 12.8 Å². The summed E-state index contributed by atoms with van der Waals surface area (Å²) in [5, 5.41) is 8.90. The number of carbonyl (C=O) groups excluding carboxylic acids is 1. The molecule has 0 aliphatic carbocycles. The normalized spacial score (nSPS) is 21.1. The van der Waals surface area contributed by atoms with Gasteiger partial charge in [-0.15, -0.1) is 0 Å². The molecule has 0 aromatic rings. The van der Waals surface area contributed by atoms with Crippen molar-refractivity contribution in [1.82, 2.24) is 9.21 Å². The Kier molecular flexibility index (Phi) is 4.69. The maximum atomic E-state index is 11.9. The highest BCUT2D eigenvalue weighted by Crippen LogP contribution is 2.16. The molecule has 0 spiro atoms. The summed E-state index contributed by atoms with van der Waals surface area (Å²) in [6.45, 7) is 0.400. The summed E-state index contributed by atoms with van der Waals surface area (Å²) < 4.78 is 23.3. The summed E-state index contributed by atoms with van der Waals surface area (Å²) in [5.74, 6) is -1.82. The molecule has 18 heavy (non-hydrogen) atoms. The highest BCUT2D eigenvalue weighted by Gasteiger charge is 2.29. The third kappa shape index (κ3) is 3.95. The van der Waals surface area contributed by atoms with Gasteiger partial charge in [0.25, 0.3) is 0 Å². The topological polar surface area (TPSA) is 95.0 Å². The lowest BCUT2D eigenvalue weighted by atomic mass is 9.98. The van der Waals surface area contributed by atoms with Gasteiger partial charge in [0.05, 0.1) is 18.7 Å². The van der Waals surface area contributed by atoms with Crippen LogP contribution in [0.1, 0.15) is 12.8 Å². The van der Waals surface area contributed by atoms with Gasteiger partial charge in [0, 0.05) is 20.1 Å². The summed E-state index contributed by atoms with van der Waals surface area (Å²) >= 11 is 0. The molecule has 0 aromatic heterocycles. The molecule has 0 radical (unpaired) electrons. The molecule has 1 amide bonds. The van der Waals surface area contributed by atoms with Gasteiger partial charge >= 0.3 is 5.97 Å². The number of nitrogens with zero attached hydrogens (tertiary/aromatic N) is 2. The molecular weight excluding hydrogens is 260 g/mol. The number of piperidine rings is 1. The van der Waals surface area contributed by atoms with Crippen molar-refractivity contribution in [2.75, 3.05) is 32.9 Å². The van der Waals surface area contributed by atoms with Gasteiger partial charge in [-0.25, -0.2) is 8.42 Å². The van der Waals surface area contributed by atoms with Gasteiger partial charge in [-0.3, -0.25) is 9.59 Å². The van der Waals surface area contributed by atoms with E-state index < -0.39 is 21.9 Å². The van der Waals surface area contributed by atoms with Crippen molar-refractivity contribution in [1.29, 1.82) is 0 Å². The summed E-state index contributed by atoms with van der Waals surface area (Å²) in [6.07, 6.45) is 2.21. The quantitative estimate of drug-likeness (QED) is 0.726. The molecule has 1 aliphatic heterocycles. The first-order valence-electron chi connectivity index (χ1n) is 5.63. The Labute approximate surface area is 106 Å². The van der Waals surface area contributed by atoms with E-state index in [0.29, 0.717) is 19.4 Å². The van der Waals surface area contributed by atoms with Crippen molar-refractivity contribution in [2.24, 2.45) is 5.92 Å². The lowest BCUT2D eigenvalue weighted by Crippen LogP contribution is -2.46. The Morgan fingerprint density at radius 3 is 2.56 bits per heavy atom. The number of likely N-dealkylation sites (N-methyl/N-ethyl adjacent to an activating group) is 1. The van der Waals surface area contributed by atoms with Crippen LogP contribution in [0.4, 0.5) is 0 Å². The minimum atomic E-state index is -3.40. The van der Waals surface area contributed by atoms with Crippen molar-refractivity contribution in [3.63, 3.8) is 0 Å². The van der Waals surface area contributed by atoms with Crippen LogP contribution in [0.2, 0.25) is 0 Å². The molecule has 104 valence electrons. The second kappa shape index (κ2) is 5.66. The minimum absolute atomic E-state index is 0.159. The zero-order valence-electron chi connectivity index (χ0n) is 10.5. The van der Waals surface area contributed by atoms with E-state index in [1.54, 1.807) is 0 Å². The van der Waals surface area contributed by atoms with Crippen LogP contribution in [0.25, 0.3) is 0 Å². The van der Waals surface area contributed by atoms with Gasteiger partial charge in [-0.05, 0) is 12.8 Å². The highest BCUT2D eigenvalue weighted by molar-refractivity contribution is 7.88. The van der Waals surface area contributed by atoms with E-state index in [2.05, 4.69) is 0 Å². The van der Waals surface area contributed by atoms with Crippen molar-refractivity contribution in [3.8, 4) is 0 Å². The van der Waals surface area contributed by atoms with E-state index in [1.807, 2.05) is 0 Å². The predicted octanol–water partition coefficient (Wildman–Crippen LogP) is -0.799. The Hall–Kier alpha value is -1.15. The van der Waals surface area contributed by atoms with Crippen LogP contribution < -0.4 is 0 Å². The fourth-order valence-corrected chi connectivity index (χ4v) is 2.16. The van der Waals surface area contributed by atoms with Gasteiger partial charge in [-0.2, -0.15) is 4.31 Å². The van der Waals surface area contributed by atoms with E-state index in [9.17, 15) is 18.0 Å². The molecular formula is C10H18N2O5S. The molecule has 1 saturated heterocycles. The number of likely N-dealkylation sites (tertiary alicyclic amines) is 1. The van der Waals surface area contributed by atoms with Crippen LogP contribution in [0, 0.1) is 5.92 Å². The second-order valence-electron chi connectivity index (χ2n) is 4.54. The number of hydrogen-bond donors (Lipinski definition) is 1. The fourth-order valence-electron chi connectivity index (χ4n) is 1.81. The van der Waals surface area contributed by atoms with Crippen LogP contribution in [-0.4, -0.2) is 67.5 Å². The third-order valence-electron chi connectivity index (χ3n) is 3.05. The lowest BCUT2D eigenvalue weighted by Gasteiger charge is -2.31. The highest BCUT2D eigenvalue weighted by atomic mass is 32.2. The molecule has 7 nitrogen and oxygen atoms in total. The number of aliphatic carboxylic acids is 1. The van der Waals surface area contributed by atoms with Crippen LogP contribution in [0.3, 0.4) is 0 Å². The maximum Gasteiger partial charge on any atom is 0.308 e. The molecule has 1 unspecified atom stereocenters. The van der Waals surface area contributed by atoms with Crippen LogP contribution in [-0.2, 0) is 19.6 Å². The van der Waals surface area contributed by atoms with E-state index in [0.717, 1.165) is 10.6 Å². The first-order valence-corrected chi connectivity index (χ1v) is 7.48. The standard InChI is InChI=1S/C10H18N2O5S/c1-11(18(2,16)17)7-9(13)12-5-3-4-8(6-12)10(14)15/h8H,3-7H2,1-2H3,(H,14,15). The van der Waals surface area contributed by atoms with Crippen molar-refractivity contribution >= 4 is 21.9 Å². The van der Waals surface area contributed by atoms with Crippen LogP contribution in [0.15, 0.2) is 0 Å². The summed E-state index contributed by atoms with van der Waals surface area (Å²) in [7, 11) is -2.07. The summed E-state index contributed by atoms with van der Waals surface area (Å²) in [4.78, 5) is 24.1. The zero-order valence-corrected chi connectivity index (χ0v) is 11.3. The smallest absolute Gasteiger partial charge is 0.308 e. The monoisotopic (exact) mass is 278 g/mol. The van der Waals surface area contributed by atoms with Crippen LogP contribution >= 0.6 is 0 Å². The minimum Gasteiger partial charge on any atom is -0.481 e.